The predicted molar refractivity (Wildman–Crippen MR) is 79.7 cm³/mol. The van der Waals surface area contributed by atoms with E-state index in [0.717, 1.165) is 18.4 Å². The third-order valence-electron chi connectivity index (χ3n) is 3.89. The molecule has 0 aromatic heterocycles. The zero-order valence-electron chi connectivity index (χ0n) is 12.7. The molecule has 2 amide bonds. The maximum atomic E-state index is 12.0. The zero-order valence-corrected chi connectivity index (χ0v) is 12.7. The van der Waals surface area contributed by atoms with Crippen molar-refractivity contribution in [1.82, 2.24) is 10.2 Å². The molecule has 2 N–H and O–H groups in total. The van der Waals surface area contributed by atoms with Gasteiger partial charge in [-0.25, -0.2) is 0 Å². The summed E-state index contributed by atoms with van der Waals surface area (Å²) in [6.07, 6.45) is 1.81. The van der Waals surface area contributed by atoms with Crippen LogP contribution in [0.2, 0.25) is 0 Å². The summed E-state index contributed by atoms with van der Waals surface area (Å²) in [5.41, 5.74) is 0.228. The molecular formula is C16H22N2O3. The van der Waals surface area contributed by atoms with Gasteiger partial charge in [-0.15, -0.1) is 0 Å². The van der Waals surface area contributed by atoms with E-state index in [2.05, 4.69) is 5.32 Å². The van der Waals surface area contributed by atoms with Crippen molar-refractivity contribution in [2.24, 2.45) is 5.92 Å². The van der Waals surface area contributed by atoms with Gasteiger partial charge < -0.3 is 15.3 Å². The normalized spacial score (nSPS) is 17.0. The molecule has 1 aliphatic rings. The summed E-state index contributed by atoms with van der Waals surface area (Å²) in [7, 11) is 3.41. The quantitative estimate of drug-likeness (QED) is 0.855. The van der Waals surface area contributed by atoms with Crippen LogP contribution in [0.15, 0.2) is 24.3 Å². The van der Waals surface area contributed by atoms with Crippen LogP contribution in [0, 0.1) is 5.92 Å². The summed E-state index contributed by atoms with van der Waals surface area (Å²) >= 11 is 0. The molecule has 5 nitrogen and oxygen atoms in total. The Morgan fingerprint density at radius 3 is 2.33 bits per heavy atom. The fourth-order valence-electron chi connectivity index (χ4n) is 2.22. The van der Waals surface area contributed by atoms with E-state index in [1.807, 2.05) is 12.1 Å². The highest BCUT2D eigenvalue weighted by atomic mass is 16.3. The van der Waals surface area contributed by atoms with Crippen LogP contribution in [0.25, 0.3) is 0 Å². The van der Waals surface area contributed by atoms with Gasteiger partial charge in [-0.1, -0.05) is 12.1 Å². The number of aliphatic hydroxyl groups is 1. The number of benzene rings is 1. The number of rotatable bonds is 5. The van der Waals surface area contributed by atoms with Crippen LogP contribution >= 0.6 is 0 Å². The molecule has 1 unspecified atom stereocenters. The predicted octanol–water partition coefficient (Wildman–Crippen LogP) is 1.17. The Morgan fingerprint density at radius 2 is 1.86 bits per heavy atom. The molecule has 0 aliphatic heterocycles. The Labute approximate surface area is 125 Å². The van der Waals surface area contributed by atoms with E-state index in [-0.39, 0.29) is 17.7 Å². The molecule has 1 fully saturated rings. The van der Waals surface area contributed by atoms with Crippen molar-refractivity contribution in [2.75, 3.05) is 14.1 Å². The molecule has 1 saturated carbocycles. The van der Waals surface area contributed by atoms with E-state index < -0.39 is 5.60 Å². The number of nitrogens with one attached hydrogen (secondary N) is 1. The van der Waals surface area contributed by atoms with E-state index >= 15 is 0 Å². The highest BCUT2D eigenvalue weighted by molar-refractivity contribution is 5.93. The van der Waals surface area contributed by atoms with Crippen molar-refractivity contribution in [3.63, 3.8) is 0 Å². The first kappa shape index (κ1) is 15.5. The molecule has 1 aromatic carbocycles. The summed E-state index contributed by atoms with van der Waals surface area (Å²) in [4.78, 5) is 25.2. The molecule has 5 heteroatoms. The van der Waals surface area contributed by atoms with E-state index in [1.54, 1.807) is 33.2 Å². The first-order chi connectivity index (χ1) is 9.82. The lowest BCUT2D eigenvalue weighted by atomic mass is 9.99. The molecular weight excluding hydrogens is 268 g/mol. The molecule has 1 aliphatic carbocycles. The zero-order chi connectivity index (χ0) is 15.6. The molecule has 21 heavy (non-hydrogen) atoms. The number of hydrogen-bond donors (Lipinski definition) is 2. The van der Waals surface area contributed by atoms with Gasteiger partial charge >= 0.3 is 0 Å². The van der Waals surface area contributed by atoms with Gasteiger partial charge in [0.05, 0.1) is 0 Å². The van der Waals surface area contributed by atoms with Crippen molar-refractivity contribution in [3.05, 3.63) is 35.4 Å². The molecule has 0 spiro atoms. The second-order valence-electron chi connectivity index (χ2n) is 6.00. The van der Waals surface area contributed by atoms with Crippen LogP contribution in [-0.4, -0.2) is 41.5 Å². The van der Waals surface area contributed by atoms with Crippen LogP contribution in [0.3, 0.4) is 0 Å². The second kappa shape index (κ2) is 5.85. The Morgan fingerprint density at radius 1 is 1.29 bits per heavy atom. The summed E-state index contributed by atoms with van der Waals surface area (Å²) in [6.45, 7) is 1.91. The van der Waals surface area contributed by atoms with Crippen molar-refractivity contribution in [2.45, 2.75) is 31.9 Å². The van der Waals surface area contributed by atoms with Gasteiger partial charge in [-0.3, -0.25) is 9.59 Å². The van der Waals surface area contributed by atoms with Gasteiger partial charge in [0.25, 0.3) is 11.8 Å². The maximum Gasteiger partial charge on any atom is 0.253 e. The highest BCUT2D eigenvalue weighted by Gasteiger charge is 2.45. The SMILES string of the molecule is CN(C)C(=O)c1ccc(CNC(=O)C(C)(O)C2CC2)cc1. The van der Waals surface area contributed by atoms with Gasteiger partial charge in [-0.05, 0) is 43.4 Å². The number of carbonyl (C=O) groups excluding carboxylic acids is 2. The molecule has 0 heterocycles. The molecule has 2 rings (SSSR count). The van der Waals surface area contributed by atoms with Crippen LogP contribution in [0.1, 0.15) is 35.7 Å². The average molecular weight is 290 g/mol. The lowest BCUT2D eigenvalue weighted by Gasteiger charge is -2.21. The number of amides is 2. The van der Waals surface area contributed by atoms with Crippen molar-refractivity contribution < 1.29 is 14.7 Å². The second-order valence-corrected chi connectivity index (χ2v) is 6.00. The van der Waals surface area contributed by atoms with E-state index in [0.29, 0.717) is 12.1 Å². The molecule has 1 aromatic rings. The van der Waals surface area contributed by atoms with Crippen LogP contribution in [-0.2, 0) is 11.3 Å². The van der Waals surface area contributed by atoms with Gasteiger partial charge in [-0.2, -0.15) is 0 Å². The molecule has 1 atom stereocenters. The standard InChI is InChI=1S/C16H22N2O3/c1-16(21,13-8-9-13)15(20)17-10-11-4-6-12(7-5-11)14(19)18(2)3/h4-7,13,21H,8-10H2,1-3H3,(H,17,20). The monoisotopic (exact) mass is 290 g/mol. The Bertz CT molecular complexity index is 531. The van der Waals surface area contributed by atoms with Crippen molar-refractivity contribution >= 4 is 11.8 Å². The van der Waals surface area contributed by atoms with Crippen molar-refractivity contribution in [1.29, 1.82) is 0 Å². The minimum absolute atomic E-state index is 0.0535. The number of hydrogen-bond acceptors (Lipinski definition) is 3. The van der Waals surface area contributed by atoms with E-state index in [9.17, 15) is 14.7 Å². The van der Waals surface area contributed by atoms with Crippen molar-refractivity contribution in [3.8, 4) is 0 Å². The minimum atomic E-state index is -1.28. The Kier molecular flexibility index (Phi) is 4.32. The van der Waals surface area contributed by atoms with Gasteiger partial charge in [0.15, 0.2) is 0 Å². The average Bonchev–Trinajstić information content (AvgIpc) is 3.29. The van der Waals surface area contributed by atoms with Gasteiger partial charge in [0.1, 0.15) is 5.60 Å². The van der Waals surface area contributed by atoms with Crippen LogP contribution < -0.4 is 5.32 Å². The Balaban J connectivity index is 1.92. The summed E-state index contributed by atoms with van der Waals surface area (Å²) in [5.74, 6) is -0.307. The maximum absolute atomic E-state index is 12.0. The smallest absolute Gasteiger partial charge is 0.253 e. The van der Waals surface area contributed by atoms with Crippen LogP contribution in [0.4, 0.5) is 0 Å². The first-order valence-electron chi connectivity index (χ1n) is 7.13. The van der Waals surface area contributed by atoms with Crippen LogP contribution in [0.5, 0.6) is 0 Å². The lowest BCUT2D eigenvalue weighted by molar-refractivity contribution is -0.140. The first-order valence-corrected chi connectivity index (χ1v) is 7.13. The largest absolute Gasteiger partial charge is 0.380 e. The molecule has 0 saturated heterocycles. The topological polar surface area (TPSA) is 69.6 Å². The van der Waals surface area contributed by atoms with Gasteiger partial charge in [0, 0.05) is 26.2 Å². The van der Waals surface area contributed by atoms with E-state index in [4.69, 9.17) is 0 Å². The number of carbonyl (C=O) groups is 2. The summed E-state index contributed by atoms with van der Waals surface area (Å²) < 4.78 is 0. The van der Waals surface area contributed by atoms with Gasteiger partial charge in [0.2, 0.25) is 0 Å². The third-order valence-corrected chi connectivity index (χ3v) is 3.89. The number of nitrogens with zero attached hydrogens (tertiary/aromatic N) is 1. The summed E-state index contributed by atoms with van der Waals surface area (Å²) in [6, 6.07) is 7.09. The summed E-state index contributed by atoms with van der Waals surface area (Å²) in [5, 5.41) is 12.9. The minimum Gasteiger partial charge on any atom is -0.380 e. The third kappa shape index (κ3) is 3.61. The molecule has 114 valence electrons. The highest BCUT2D eigenvalue weighted by Crippen LogP contribution is 2.39. The lowest BCUT2D eigenvalue weighted by Crippen LogP contribution is -2.45. The Hall–Kier alpha value is -1.88. The fraction of sp³-hybridized carbons (Fsp3) is 0.500. The van der Waals surface area contributed by atoms with E-state index in [1.165, 1.54) is 4.90 Å². The molecule has 0 bridgehead atoms. The molecule has 0 radical (unpaired) electrons. The fourth-order valence-corrected chi connectivity index (χ4v) is 2.22.